The number of thioether (sulfide) groups is 1. The van der Waals surface area contributed by atoms with E-state index in [1.54, 1.807) is 18.2 Å². The van der Waals surface area contributed by atoms with Gasteiger partial charge in [-0.3, -0.25) is 9.36 Å². The minimum Gasteiger partial charge on any atom is -0.298 e. The number of allylic oxidation sites excluding steroid dienone is 6. The van der Waals surface area contributed by atoms with Gasteiger partial charge in [-0.25, -0.2) is 4.99 Å². The molecular formula is C26H18Cl2N4OS. The van der Waals surface area contributed by atoms with Crippen LogP contribution >= 0.6 is 35.0 Å². The molecule has 3 aromatic rings. The molecule has 168 valence electrons. The Labute approximate surface area is 211 Å². The van der Waals surface area contributed by atoms with E-state index in [1.165, 1.54) is 11.8 Å². The number of hydrogen-bond acceptors (Lipinski definition) is 4. The van der Waals surface area contributed by atoms with Gasteiger partial charge in [0.2, 0.25) is 0 Å². The zero-order chi connectivity index (χ0) is 23.7. The summed E-state index contributed by atoms with van der Waals surface area (Å²) in [4.78, 5) is 18.1. The highest BCUT2D eigenvalue weighted by Crippen LogP contribution is 2.42. The van der Waals surface area contributed by atoms with Gasteiger partial charge in [-0.05, 0) is 47.2 Å². The van der Waals surface area contributed by atoms with E-state index in [1.807, 2.05) is 59.2 Å². The number of carbonyl (C=O) groups excluding carboxylic acids is 1. The Hall–Kier alpha value is -3.19. The van der Waals surface area contributed by atoms with E-state index >= 15 is 0 Å². The molecule has 5 rings (SSSR count). The van der Waals surface area contributed by atoms with E-state index in [-0.39, 0.29) is 11.8 Å². The predicted molar refractivity (Wildman–Crippen MR) is 139 cm³/mol. The number of aliphatic imine (C=N–C) groups is 1. The van der Waals surface area contributed by atoms with Crippen LogP contribution in [0, 0.1) is 5.92 Å². The lowest BCUT2D eigenvalue weighted by atomic mass is 9.84. The first-order valence-electron chi connectivity index (χ1n) is 10.5. The van der Waals surface area contributed by atoms with Crippen molar-refractivity contribution in [2.24, 2.45) is 10.9 Å². The lowest BCUT2D eigenvalue weighted by Gasteiger charge is -2.26. The topological polar surface area (TPSA) is 60.1 Å². The number of nitrogens with zero attached hydrogens (tertiary/aromatic N) is 4. The van der Waals surface area contributed by atoms with Crippen molar-refractivity contribution in [3.63, 3.8) is 0 Å². The van der Waals surface area contributed by atoms with E-state index in [0.29, 0.717) is 32.5 Å². The summed E-state index contributed by atoms with van der Waals surface area (Å²) in [5.74, 6) is 0.202. The Balaban J connectivity index is 1.62. The van der Waals surface area contributed by atoms with Crippen LogP contribution in [0.15, 0.2) is 101 Å². The van der Waals surface area contributed by atoms with Gasteiger partial charge in [-0.15, -0.1) is 16.8 Å². The molecule has 34 heavy (non-hydrogen) atoms. The number of fused-ring (bicyclic) bond motifs is 1. The summed E-state index contributed by atoms with van der Waals surface area (Å²) < 4.78 is 1.90. The molecule has 0 N–H and O–H groups in total. The van der Waals surface area contributed by atoms with E-state index in [9.17, 15) is 4.79 Å². The number of dihydropyridines is 1. The summed E-state index contributed by atoms with van der Waals surface area (Å²) in [6.07, 6.45) is 9.58. The smallest absolute Gasteiger partial charge is 0.284 e. The van der Waals surface area contributed by atoms with E-state index in [4.69, 9.17) is 23.2 Å². The summed E-state index contributed by atoms with van der Waals surface area (Å²) >= 11 is 13.6. The number of aromatic nitrogens is 3. The molecule has 2 heterocycles. The lowest BCUT2D eigenvalue weighted by Crippen LogP contribution is -2.23. The molecule has 1 unspecified atom stereocenters. The molecule has 0 saturated carbocycles. The lowest BCUT2D eigenvalue weighted by molar-refractivity contribution is -0.113. The van der Waals surface area contributed by atoms with Crippen molar-refractivity contribution >= 4 is 52.2 Å². The third-order valence-electron chi connectivity index (χ3n) is 5.47. The first kappa shape index (κ1) is 22.6. The molecule has 1 aliphatic carbocycles. The van der Waals surface area contributed by atoms with Crippen LogP contribution in [-0.4, -0.2) is 26.4 Å². The normalized spacial score (nSPS) is 17.1. The number of halogens is 2. The number of benzene rings is 2. The SMILES string of the molecule is C=CCn1c(SC2=C(c3ccccc3)C3C=CC=CC3=NC2=O)nnc1-c1ccc(Cl)c(Cl)c1. The maximum atomic E-state index is 13.2. The number of hydrogen-bond donors (Lipinski definition) is 0. The first-order chi connectivity index (χ1) is 16.6. The van der Waals surface area contributed by atoms with E-state index in [0.717, 1.165) is 22.4 Å². The Morgan fingerprint density at radius 2 is 1.85 bits per heavy atom. The molecule has 0 saturated heterocycles. The Bertz CT molecular complexity index is 1420. The molecule has 0 spiro atoms. The van der Waals surface area contributed by atoms with E-state index < -0.39 is 0 Å². The van der Waals surface area contributed by atoms with Crippen molar-refractivity contribution in [2.45, 2.75) is 11.7 Å². The summed E-state index contributed by atoms with van der Waals surface area (Å²) in [6, 6.07) is 15.2. The number of amides is 1. The van der Waals surface area contributed by atoms with Crippen molar-refractivity contribution < 1.29 is 4.79 Å². The Morgan fingerprint density at radius 3 is 2.62 bits per heavy atom. The van der Waals surface area contributed by atoms with Gasteiger partial charge in [-0.2, -0.15) is 0 Å². The Morgan fingerprint density at radius 1 is 1.03 bits per heavy atom. The van der Waals surface area contributed by atoms with Crippen LogP contribution in [0.4, 0.5) is 0 Å². The molecule has 0 bridgehead atoms. The first-order valence-corrected chi connectivity index (χ1v) is 12.1. The second-order valence-electron chi connectivity index (χ2n) is 7.61. The van der Waals surface area contributed by atoms with Crippen molar-refractivity contribution in [3.05, 3.63) is 106 Å². The van der Waals surface area contributed by atoms with Gasteiger partial charge in [-0.1, -0.05) is 77.8 Å². The molecule has 2 aliphatic rings. The maximum absolute atomic E-state index is 13.2. The van der Waals surface area contributed by atoms with Gasteiger partial charge < -0.3 is 0 Å². The number of rotatable bonds is 6. The zero-order valence-electron chi connectivity index (χ0n) is 17.9. The zero-order valence-corrected chi connectivity index (χ0v) is 20.2. The minimum atomic E-state index is -0.292. The van der Waals surface area contributed by atoms with Crippen molar-refractivity contribution in [2.75, 3.05) is 0 Å². The maximum Gasteiger partial charge on any atom is 0.284 e. The fourth-order valence-corrected chi connectivity index (χ4v) is 5.25. The summed E-state index contributed by atoms with van der Waals surface area (Å²) in [6.45, 7) is 4.32. The third kappa shape index (κ3) is 4.20. The predicted octanol–water partition coefficient (Wildman–Crippen LogP) is 6.66. The summed E-state index contributed by atoms with van der Waals surface area (Å²) in [5.41, 5.74) is 3.38. The second kappa shape index (κ2) is 9.58. The monoisotopic (exact) mass is 504 g/mol. The largest absolute Gasteiger partial charge is 0.298 e. The van der Waals surface area contributed by atoms with Gasteiger partial charge in [0.05, 0.1) is 20.7 Å². The highest BCUT2D eigenvalue weighted by atomic mass is 35.5. The van der Waals surface area contributed by atoms with Crippen LogP contribution in [0.5, 0.6) is 0 Å². The molecule has 5 nitrogen and oxygen atoms in total. The molecule has 1 aliphatic heterocycles. The van der Waals surface area contributed by atoms with Gasteiger partial charge in [0, 0.05) is 18.0 Å². The molecule has 0 fully saturated rings. The third-order valence-corrected chi connectivity index (χ3v) is 7.29. The molecule has 1 atom stereocenters. The van der Waals surface area contributed by atoms with Crippen LogP contribution in [-0.2, 0) is 11.3 Å². The van der Waals surface area contributed by atoms with Crippen LogP contribution in [0.3, 0.4) is 0 Å². The van der Waals surface area contributed by atoms with Crippen LogP contribution in [0.1, 0.15) is 5.56 Å². The van der Waals surface area contributed by atoms with Gasteiger partial charge in [0.1, 0.15) is 0 Å². The molecule has 2 aromatic carbocycles. The average molecular weight is 505 g/mol. The molecule has 8 heteroatoms. The molecular weight excluding hydrogens is 487 g/mol. The van der Waals surface area contributed by atoms with Gasteiger partial charge in [0.15, 0.2) is 11.0 Å². The van der Waals surface area contributed by atoms with Gasteiger partial charge in [0.25, 0.3) is 5.91 Å². The average Bonchev–Trinajstić information content (AvgIpc) is 3.24. The van der Waals surface area contributed by atoms with Crippen LogP contribution < -0.4 is 0 Å². The summed E-state index contributed by atoms with van der Waals surface area (Å²) in [7, 11) is 0. The summed E-state index contributed by atoms with van der Waals surface area (Å²) in [5, 5.41) is 10.3. The van der Waals surface area contributed by atoms with Crippen LogP contribution in [0.25, 0.3) is 17.0 Å². The second-order valence-corrected chi connectivity index (χ2v) is 9.40. The van der Waals surface area contributed by atoms with Gasteiger partial charge >= 0.3 is 0 Å². The number of carbonyl (C=O) groups is 1. The highest BCUT2D eigenvalue weighted by molar-refractivity contribution is 8.04. The fraction of sp³-hybridized carbons (Fsp3) is 0.0769. The Kier molecular flexibility index (Phi) is 6.37. The quantitative estimate of drug-likeness (QED) is 0.352. The van der Waals surface area contributed by atoms with Crippen LogP contribution in [0.2, 0.25) is 10.0 Å². The van der Waals surface area contributed by atoms with Crippen molar-refractivity contribution in [3.8, 4) is 11.4 Å². The van der Waals surface area contributed by atoms with Crippen molar-refractivity contribution in [1.82, 2.24) is 14.8 Å². The molecule has 1 aromatic heterocycles. The standard InChI is InChI=1S/C26H18Cl2N4OS/c1-2-14-32-24(17-12-13-19(27)20(28)15-17)30-31-26(32)34-23-22(16-8-4-3-5-9-16)18-10-6-7-11-21(18)29-25(23)33/h2-13,15,18H,1,14H2. The van der Waals surface area contributed by atoms with Crippen molar-refractivity contribution in [1.29, 1.82) is 0 Å². The molecule has 0 radical (unpaired) electrons. The molecule has 1 amide bonds. The highest BCUT2D eigenvalue weighted by Gasteiger charge is 2.32. The van der Waals surface area contributed by atoms with E-state index in [2.05, 4.69) is 27.8 Å². The fourth-order valence-electron chi connectivity index (χ4n) is 3.93. The minimum absolute atomic E-state index is 0.113.